The molecular weight excluding hydrogens is 418 g/mol. The number of hydrogen-bond acceptors (Lipinski definition) is 1. The third kappa shape index (κ3) is 6.80. The second-order valence-corrected chi connectivity index (χ2v) is 9.29. The quantitative estimate of drug-likeness (QED) is 0.423. The SMILES string of the molecule is C1CCCC1.C1CCCC1.[CH2-][C@@H]1CN(Cc2ccccc2)[C@@H]2CCC[C@]12[CH2-].[Zr+4]. The molecule has 1 aromatic carbocycles. The van der Waals surface area contributed by atoms with E-state index in [1.807, 2.05) is 0 Å². The van der Waals surface area contributed by atoms with Gasteiger partial charge in [-0.25, -0.2) is 0 Å². The number of nitrogens with zero attached hydrogens (tertiary/aromatic N) is 1. The van der Waals surface area contributed by atoms with E-state index < -0.39 is 0 Å². The molecule has 0 unspecified atom stereocenters. The summed E-state index contributed by atoms with van der Waals surface area (Å²) < 4.78 is 0. The average molecular weight is 459 g/mol. The van der Waals surface area contributed by atoms with Crippen LogP contribution in [0.5, 0.6) is 0 Å². The Hall–Kier alpha value is 0.0631. The largest absolute Gasteiger partial charge is 4.00 e. The molecule has 4 fully saturated rings. The fraction of sp³-hybridized carbons (Fsp3) is 0.692. The molecule has 3 saturated carbocycles. The number of rotatable bonds is 2. The first-order valence-electron chi connectivity index (χ1n) is 11.7. The van der Waals surface area contributed by atoms with Crippen molar-refractivity contribution in [3.63, 3.8) is 0 Å². The summed E-state index contributed by atoms with van der Waals surface area (Å²) in [5.41, 5.74) is 1.64. The molecule has 0 spiro atoms. The van der Waals surface area contributed by atoms with E-state index in [-0.39, 0.29) is 31.6 Å². The molecular formula is C26H41NZr+2. The van der Waals surface area contributed by atoms with Crippen LogP contribution in [0.3, 0.4) is 0 Å². The van der Waals surface area contributed by atoms with Crippen LogP contribution in [0, 0.1) is 25.2 Å². The molecule has 4 aliphatic rings. The molecule has 1 heterocycles. The summed E-state index contributed by atoms with van der Waals surface area (Å²) in [6, 6.07) is 11.4. The molecule has 2 heteroatoms. The Morgan fingerprint density at radius 1 is 0.821 bits per heavy atom. The Kier molecular flexibility index (Phi) is 11.0. The fourth-order valence-electron chi connectivity index (χ4n) is 5.45. The topological polar surface area (TPSA) is 3.24 Å². The van der Waals surface area contributed by atoms with Gasteiger partial charge in [0, 0.05) is 6.54 Å². The molecule has 0 radical (unpaired) electrons. The Balaban J connectivity index is 0.000000209. The van der Waals surface area contributed by atoms with Gasteiger partial charge in [-0.3, -0.25) is 0 Å². The number of hydrogen-bond donors (Lipinski definition) is 0. The van der Waals surface area contributed by atoms with Crippen LogP contribution < -0.4 is 0 Å². The second-order valence-electron chi connectivity index (χ2n) is 9.29. The van der Waals surface area contributed by atoms with Crippen molar-refractivity contribution < 1.29 is 26.2 Å². The van der Waals surface area contributed by atoms with Crippen molar-refractivity contribution in [2.45, 2.75) is 96.1 Å². The van der Waals surface area contributed by atoms with Gasteiger partial charge in [-0.1, -0.05) is 107 Å². The van der Waals surface area contributed by atoms with Crippen LogP contribution in [-0.2, 0) is 32.7 Å². The van der Waals surface area contributed by atoms with Gasteiger partial charge >= 0.3 is 26.2 Å². The van der Waals surface area contributed by atoms with Gasteiger partial charge in [-0.05, 0) is 24.6 Å². The van der Waals surface area contributed by atoms with Gasteiger partial charge in [-0.2, -0.15) is 11.3 Å². The first-order chi connectivity index (χ1) is 13.2. The minimum Gasteiger partial charge on any atom is -0.341 e. The minimum absolute atomic E-state index is 0. The molecule has 1 nitrogen and oxygen atoms in total. The Bertz CT molecular complexity index is 497. The van der Waals surface area contributed by atoms with E-state index in [0.717, 1.165) is 13.1 Å². The molecule has 1 saturated heterocycles. The van der Waals surface area contributed by atoms with E-state index >= 15 is 0 Å². The van der Waals surface area contributed by atoms with E-state index in [2.05, 4.69) is 49.1 Å². The van der Waals surface area contributed by atoms with E-state index in [0.29, 0.717) is 12.0 Å². The van der Waals surface area contributed by atoms with Gasteiger partial charge in [0.25, 0.3) is 0 Å². The third-order valence-electron chi connectivity index (χ3n) is 7.22. The zero-order valence-electron chi connectivity index (χ0n) is 18.0. The van der Waals surface area contributed by atoms with Crippen molar-refractivity contribution in [3.05, 3.63) is 49.7 Å². The van der Waals surface area contributed by atoms with Crippen molar-refractivity contribution in [1.82, 2.24) is 4.90 Å². The van der Waals surface area contributed by atoms with Crippen LogP contribution >= 0.6 is 0 Å². The average Bonchev–Trinajstić information content (AvgIpc) is 3.47. The van der Waals surface area contributed by atoms with Gasteiger partial charge in [-0.15, -0.1) is 0 Å². The second kappa shape index (κ2) is 12.7. The summed E-state index contributed by atoms with van der Waals surface area (Å²) in [6.45, 7) is 11.0. The molecule has 0 aromatic heterocycles. The molecule has 5 rings (SSSR count). The summed E-state index contributed by atoms with van der Waals surface area (Å²) in [7, 11) is 0. The smallest absolute Gasteiger partial charge is 0.341 e. The molecule has 3 aliphatic carbocycles. The van der Waals surface area contributed by atoms with Crippen LogP contribution in [0.2, 0.25) is 0 Å². The molecule has 0 N–H and O–H groups in total. The van der Waals surface area contributed by atoms with Gasteiger partial charge in [0.15, 0.2) is 0 Å². The number of benzene rings is 1. The van der Waals surface area contributed by atoms with E-state index in [1.165, 1.54) is 89.0 Å². The number of fused-ring (bicyclic) bond motifs is 1. The summed E-state index contributed by atoms with van der Waals surface area (Å²) in [5.74, 6) is 0.499. The summed E-state index contributed by atoms with van der Waals surface area (Å²) in [4.78, 5) is 2.60. The normalized spacial score (nSPS) is 31.2. The minimum atomic E-state index is 0. The summed E-state index contributed by atoms with van der Waals surface area (Å²) in [5, 5.41) is 0. The zero-order chi connectivity index (χ0) is 19.0. The van der Waals surface area contributed by atoms with Crippen molar-refractivity contribution >= 4 is 0 Å². The van der Waals surface area contributed by atoms with Gasteiger partial charge in [0.05, 0.1) is 0 Å². The predicted octanol–water partition coefficient (Wildman–Crippen LogP) is 7.22. The van der Waals surface area contributed by atoms with Crippen LogP contribution in [0.15, 0.2) is 30.3 Å². The van der Waals surface area contributed by atoms with Gasteiger partial charge < -0.3 is 18.7 Å². The molecule has 0 bridgehead atoms. The standard InChI is InChI=1S/C16H21N.2C5H10.Zr/c1-13-11-17(12-14-7-4-3-5-8-14)15-9-6-10-16(13,15)2;2*1-2-4-5-3-1;/h3-5,7-8,13,15H,1-2,6,9-12H2;2*1-5H2;/q-2;;;+4/t13-,15-,16-;;;/m1.../s1. The van der Waals surface area contributed by atoms with E-state index in [4.69, 9.17) is 0 Å². The van der Waals surface area contributed by atoms with E-state index in [1.54, 1.807) is 0 Å². The first-order valence-corrected chi connectivity index (χ1v) is 11.7. The van der Waals surface area contributed by atoms with Crippen LogP contribution in [-0.4, -0.2) is 17.5 Å². The molecule has 3 atom stereocenters. The fourth-order valence-corrected chi connectivity index (χ4v) is 5.45. The molecule has 1 aliphatic heterocycles. The maximum atomic E-state index is 4.50. The van der Waals surface area contributed by atoms with Crippen LogP contribution in [0.1, 0.15) is 89.0 Å². The number of likely N-dealkylation sites (tertiary alicyclic amines) is 1. The monoisotopic (exact) mass is 457 g/mol. The first kappa shape index (κ1) is 24.3. The summed E-state index contributed by atoms with van der Waals surface area (Å²) in [6.07, 6.45) is 18.9. The van der Waals surface area contributed by atoms with Gasteiger partial charge in [0.2, 0.25) is 0 Å². The predicted molar refractivity (Wildman–Crippen MR) is 117 cm³/mol. The molecule has 0 amide bonds. The van der Waals surface area contributed by atoms with Crippen molar-refractivity contribution in [2.24, 2.45) is 11.3 Å². The third-order valence-corrected chi connectivity index (χ3v) is 7.22. The van der Waals surface area contributed by atoms with E-state index in [9.17, 15) is 0 Å². The van der Waals surface area contributed by atoms with Crippen molar-refractivity contribution in [2.75, 3.05) is 6.54 Å². The van der Waals surface area contributed by atoms with Crippen molar-refractivity contribution in [3.8, 4) is 0 Å². The Morgan fingerprint density at radius 2 is 1.32 bits per heavy atom. The zero-order valence-corrected chi connectivity index (χ0v) is 20.5. The van der Waals surface area contributed by atoms with Crippen LogP contribution in [0.4, 0.5) is 0 Å². The Labute approximate surface area is 194 Å². The van der Waals surface area contributed by atoms with Crippen molar-refractivity contribution in [1.29, 1.82) is 0 Å². The van der Waals surface area contributed by atoms with Crippen LogP contribution in [0.25, 0.3) is 0 Å². The maximum absolute atomic E-state index is 4.50. The van der Waals surface area contributed by atoms with Gasteiger partial charge in [0.1, 0.15) is 0 Å². The Morgan fingerprint density at radius 3 is 1.82 bits per heavy atom. The molecule has 28 heavy (non-hydrogen) atoms. The molecule has 1 aromatic rings. The summed E-state index contributed by atoms with van der Waals surface area (Å²) >= 11 is 0. The maximum Gasteiger partial charge on any atom is 4.00 e. The molecule has 152 valence electrons.